The quantitative estimate of drug-likeness (QED) is 0.683. The number of carbonyl (C=O) groups excluding carboxylic acids is 2. The third-order valence-electron chi connectivity index (χ3n) is 4.26. The topological polar surface area (TPSA) is 122 Å². The molecule has 11 heteroatoms. The van der Waals surface area contributed by atoms with Gasteiger partial charge in [-0.2, -0.15) is 0 Å². The molecule has 28 heavy (non-hydrogen) atoms. The molecule has 0 bridgehead atoms. The maximum absolute atomic E-state index is 13.8. The summed E-state index contributed by atoms with van der Waals surface area (Å²) in [6.07, 6.45) is -0.382. The van der Waals surface area contributed by atoms with Gasteiger partial charge in [0.2, 0.25) is 11.8 Å². The van der Waals surface area contributed by atoms with E-state index in [0.717, 1.165) is 16.7 Å². The lowest BCUT2D eigenvalue weighted by molar-refractivity contribution is -0.123. The van der Waals surface area contributed by atoms with Crippen molar-refractivity contribution in [2.45, 2.75) is 18.9 Å². The number of H-pyrrole nitrogens is 1. The predicted octanol–water partition coefficient (Wildman–Crippen LogP) is 0.526. The Morgan fingerprint density at radius 1 is 1.32 bits per heavy atom. The van der Waals surface area contributed by atoms with Crippen LogP contribution in [0.5, 0.6) is 0 Å². The Morgan fingerprint density at radius 3 is 2.75 bits per heavy atom. The van der Waals surface area contributed by atoms with Gasteiger partial charge in [-0.3, -0.25) is 23.9 Å². The van der Waals surface area contributed by atoms with Crippen LogP contribution in [-0.2, 0) is 20.9 Å². The number of carbonyl (C=O) groups is 2. The Bertz CT molecular complexity index is 1060. The minimum Gasteiger partial charge on any atom is -0.383 e. The van der Waals surface area contributed by atoms with Crippen LogP contribution in [0.1, 0.15) is 17.9 Å². The summed E-state index contributed by atoms with van der Waals surface area (Å²) in [5, 5.41) is 4.68. The van der Waals surface area contributed by atoms with Crippen LogP contribution in [0.2, 0.25) is 0 Å². The van der Waals surface area contributed by atoms with E-state index in [1.807, 2.05) is 0 Å². The van der Waals surface area contributed by atoms with Crippen molar-refractivity contribution in [3.63, 3.8) is 0 Å². The van der Waals surface area contributed by atoms with Crippen LogP contribution in [0.3, 0.4) is 0 Å². The van der Waals surface area contributed by atoms with E-state index in [0.29, 0.717) is 6.07 Å². The van der Waals surface area contributed by atoms with Gasteiger partial charge >= 0.3 is 5.69 Å². The molecule has 1 aliphatic heterocycles. The normalized spacial score (nSPS) is 15.7. The van der Waals surface area contributed by atoms with Crippen molar-refractivity contribution < 1.29 is 23.1 Å². The van der Waals surface area contributed by atoms with Crippen molar-refractivity contribution in [1.29, 1.82) is 0 Å². The Kier molecular flexibility index (Phi) is 5.36. The molecule has 0 saturated heterocycles. The zero-order chi connectivity index (χ0) is 20.4. The third-order valence-corrected chi connectivity index (χ3v) is 4.26. The zero-order valence-corrected chi connectivity index (χ0v) is 14.7. The monoisotopic (exact) mass is 394 g/mol. The van der Waals surface area contributed by atoms with E-state index in [2.05, 4.69) is 15.6 Å². The Hall–Kier alpha value is -3.34. The van der Waals surface area contributed by atoms with E-state index in [4.69, 9.17) is 4.74 Å². The zero-order valence-electron chi connectivity index (χ0n) is 14.7. The van der Waals surface area contributed by atoms with Crippen LogP contribution in [0, 0.1) is 11.6 Å². The van der Waals surface area contributed by atoms with Gasteiger partial charge in [-0.05, 0) is 12.1 Å². The largest absolute Gasteiger partial charge is 0.383 e. The van der Waals surface area contributed by atoms with Gasteiger partial charge in [0.1, 0.15) is 17.5 Å². The first-order valence-corrected chi connectivity index (χ1v) is 8.23. The number of halogens is 2. The molecule has 0 fully saturated rings. The van der Waals surface area contributed by atoms with Crippen LogP contribution >= 0.6 is 0 Å². The summed E-state index contributed by atoms with van der Waals surface area (Å²) in [6.45, 7) is 0.140. The van der Waals surface area contributed by atoms with Crippen molar-refractivity contribution >= 4 is 23.3 Å². The summed E-state index contributed by atoms with van der Waals surface area (Å²) in [6, 6.07) is 2.57. The van der Waals surface area contributed by atoms with Gasteiger partial charge in [-0.25, -0.2) is 13.6 Å². The molecular weight excluding hydrogens is 378 g/mol. The molecule has 3 N–H and O–H groups in total. The maximum Gasteiger partial charge on any atom is 0.330 e. The number of anilines is 2. The number of amides is 2. The molecule has 1 aliphatic rings. The van der Waals surface area contributed by atoms with Gasteiger partial charge in [0.25, 0.3) is 5.56 Å². The number of hydrogen-bond donors (Lipinski definition) is 3. The highest BCUT2D eigenvalue weighted by atomic mass is 19.1. The Balaban J connectivity index is 2.02. The molecule has 0 aliphatic carbocycles. The highest BCUT2D eigenvalue weighted by molar-refractivity contribution is 6.04. The summed E-state index contributed by atoms with van der Waals surface area (Å²) in [4.78, 5) is 51.3. The molecule has 3 rings (SSSR count). The molecule has 0 radical (unpaired) electrons. The standard InChI is InChI=1S/C17H16F2N4O5/c1-28-5-4-23-14-13(16(26)22-17(23)27)9(7-12(24)21-14)15(25)20-11-3-2-8(18)6-10(11)19/h2-3,6,9H,4-5,7H2,1H3,(H,20,25)(H,21,24)(H,22,26,27)/t9-/m0/s1. The molecule has 0 spiro atoms. The van der Waals surface area contributed by atoms with Gasteiger partial charge in [-0.15, -0.1) is 0 Å². The Labute approximate surface area is 156 Å². The molecule has 2 heterocycles. The van der Waals surface area contributed by atoms with Gasteiger partial charge in [0.05, 0.1) is 30.3 Å². The van der Waals surface area contributed by atoms with Crippen molar-refractivity contribution in [3.05, 3.63) is 56.2 Å². The molecular formula is C17H16F2N4O5. The fourth-order valence-corrected chi connectivity index (χ4v) is 2.95. The molecule has 1 aromatic carbocycles. The smallest absolute Gasteiger partial charge is 0.330 e. The first kappa shape index (κ1) is 19.4. The number of aromatic nitrogens is 2. The molecule has 9 nitrogen and oxygen atoms in total. The molecule has 0 unspecified atom stereocenters. The van der Waals surface area contributed by atoms with Gasteiger partial charge in [-0.1, -0.05) is 0 Å². The fraction of sp³-hybridized carbons (Fsp3) is 0.294. The lowest BCUT2D eigenvalue weighted by Crippen LogP contribution is -2.43. The van der Waals surface area contributed by atoms with Crippen molar-refractivity contribution in [3.8, 4) is 0 Å². The highest BCUT2D eigenvalue weighted by Crippen LogP contribution is 2.30. The SMILES string of the molecule is COCCn1c2c(c(=O)[nH]c1=O)[C@@H](C(=O)Nc1ccc(F)cc1F)CC(=O)N2. The predicted molar refractivity (Wildman–Crippen MR) is 94.2 cm³/mol. The van der Waals surface area contributed by atoms with E-state index < -0.39 is 40.6 Å². The van der Waals surface area contributed by atoms with Gasteiger partial charge in [0.15, 0.2) is 0 Å². The lowest BCUT2D eigenvalue weighted by Gasteiger charge is -2.26. The number of ether oxygens (including phenoxy) is 1. The molecule has 1 atom stereocenters. The fourth-order valence-electron chi connectivity index (χ4n) is 2.95. The lowest BCUT2D eigenvalue weighted by atomic mass is 9.92. The second kappa shape index (κ2) is 7.72. The number of nitrogens with zero attached hydrogens (tertiary/aromatic N) is 1. The minimum atomic E-state index is -1.27. The molecule has 148 valence electrons. The van der Waals surface area contributed by atoms with Gasteiger partial charge < -0.3 is 15.4 Å². The first-order chi connectivity index (χ1) is 13.3. The van der Waals surface area contributed by atoms with Gasteiger partial charge in [0, 0.05) is 19.6 Å². The number of hydrogen-bond acceptors (Lipinski definition) is 5. The molecule has 1 aromatic heterocycles. The van der Waals surface area contributed by atoms with Crippen LogP contribution in [0.15, 0.2) is 27.8 Å². The number of benzene rings is 1. The second-order valence-electron chi connectivity index (χ2n) is 6.08. The molecule has 2 amide bonds. The van der Waals surface area contributed by atoms with Crippen LogP contribution < -0.4 is 21.9 Å². The van der Waals surface area contributed by atoms with E-state index in [1.54, 1.807) is 0 Å². The number of methoxy groups -OCH3 is 1. The summed E-state index contributed by atoms with van der Waals surface area (Å²) >= 11 is 0. The number of fused-ring (bicyclic) bond motifs is 1. The summed E-state index contributed by atoms with van der Waals surface area (Å²) in [5.41, 5.74) is -2.04. The summed E-state index contributed by atoms with van der Waals surface area (Å²) in [7, 11) is 1.41. The summed E-state index contributed by atoms with van der Waals surface area (Å²) < 4.78 is 32.8. The maximum atomic E-state index is 13.8. The number of aromatic amines is 1. The van der Waals surface area contributed by atoms with Crippen molar-refractivity contribution in [2.24, 2.45) is 0 Å². The van der Waals surface area contributed by atoms with Crippen molar-refractivity contribution in [2.75, 3.05) is 24.4 Å². The molecule has 0 saturated carbocycles. The first-order valence-electron chi connectivity index (χ1n) is 8.23. The van der Waals surface area contributed by atoms with E-state index in [9.17, 15) is 28.0 Å². The van der Waals surface area contributed by atoms with E-state index in [1.165, 1.54) is 7.11 Å². The number of rotatable bonds is 5. The second-order valence-corrected chi connectivity index (χ2v) is 6.08. The minimum absolute atomic E-state index is 0.0235. The van der Waals surface area contributed by atoms with Crippen LogP contribution in [0.25, 0.3) is 0 Å². The average Bonchev–Trinajstić information content (AvgIpc) is 2.62. The molecule has 2 aromatic rings. The Morgan fingerprint density at radius 2 is 2.07 bits per heavy atom. The van der Waals surface area contributed by atoms with Crippen LogP contribution in [0.4, 0.5) is 20.3 Å². The summed E-state index contributed by atoms with van der Waals surface area (Å²) in [5.74, 6) is -4.65. The van der Waals surface area contributed by atoms with E-state index in [-0.39, 0.29) is 36.6 Å². The average molecular weight is 394 g/mol. The highest BCUT2D eigenvalue weighted by Gasteiger charge is 2.35. The number of nitrogens with one attached hydrogen (secondary N) is 3. The van der Waals surface area contributed by atoms with Crippen LogP contribution in [-0.4, -0.2) is 35.1 Å². The van der Waals surface area contributed by atoms with Crippen molar-refractivity contribution in [1.82, 2.24) is 9.55 Å². The third kappa shape index (κ3) is 3.69. The van der Waals surface area contributed by atoms with E-state index >= 15 is 0 Å².